The van der Waals surface area contributed by atoms with Crippen molar-refractivity contribution in [2.75, 3.05) is 11.9 Å². The molecule has 2 rings (SSSR count). The topological polar surface area (TPSA) is 64.4 Å². The van der Waals surface area contributed by atoms with Gasteiger partial charge in [0.05, 0.1) is 17.2 Å². The standard InChI is InChI=1S/C15H15ClN2O3/c1-2-21-15-8-7-12(16)9-13(15)17-10-11-5-3-4-6-14(11)18(19)20/h3-9,17H,2,10H2,1H3. The predicted octanol–water partition coefficient (Wildman–Crippen LogP) is 4.26. The molecule has 2 aromatic rings. The Morgan fingerprint density at radius 2 is 2.05 bits per heavy atom. The maximum Gasteiger partial charge on any atom is 0.274 e. The Balaban J connectivity index is 2.20. The maximum absolute atomic E-state index is 11.0. The maximum atomic E-state index is 11.0. The number of nitrogens with zero attached hydrogens (tertiary/aromatic N) is 1. The molecule has 0 spiro atoms. The predicted molar refractivity (Wildman–Crippen MR) is 83.0 cm³/mol. The number of benzene rings is 2. The van der Waals surface area contributed by atoms with Crippen LogP contribution in [0.1, 0.15) is 12.5 Å². The second-order valence-corrected chi connectivity index (χ2v) is 4.75. The van der Waals surface area contributed by atoms with E-state index >= 15 is 0 Å². The number of nitro groups is 1. The lowest BCUT2D eigenvalue weighted by Crippen LogP contribution is -2.05. The molecule has 0 aromatic heterocycles. The molecule has 0 heterocycles. The first-order chi connectivity index (χ1) is 10.1. The van der Waals surface area contributed by atoms with Gasteiger partial charge in [-0.3, -0.25) is 10.1 Å². The van der Waals surface area contributed by atoms with E-state index in [2.05, 4.69) is 5.32 Å². The van der Waals surface area contributed by atoms with Gasteiger partial charge in [0.1, 0.15) is 5.75 Å². The number of para-hydroxylation sites is 1. The van der Waals surface area contributed by atoms with Crippen molar-refractivity contribution < 1.29 is 9.66 Å². The summed E-state index contributed by atoms with van der Waals surface area (Å²) in [4.78, 5) is 10.6. The van der Waals surface area contributed by atoms with Gasteiger partial charge in [0.15, 0.2) is 0 Å². The number of anilines is 1. The Hall–Kier alpha value is -2.27. The van der Waals surface area contributed by atoms with E-state index < -0.39 is 4.92 Å². The summed E-state index contributed by atoms with van der Waals surface area (Å²) >= 11 is 5.98. The molecule has 0 fully saturated rings. The van der Waals surface area contributed by atoms with E-state index in [-0.39, 0.29) is 5.69 Å². The molecule has 0 radical (unpaired) electrons. The van der Waals surface area contributed by atoms with Crippen molar-refractivity contribution in [3.8, 4) is 5.75 Å². The number of rotatable bonds is 6. The first-order valence-electron chi connectivity index (χ1n) is 6.50. The molecule has 0 saturated heterocycles. The molecule has 0 aliphatic heterocycles. The first kappa shape index (κ1) is 15.1. The number of hydrogen-bond acceptors (Lipinski definition) is 4. The van der Waals surface area contributed by atoms with Crippen LogP contribution in [-0.4, -0.2) is 11.5 Å². The summed E-state index contributed by atoms with van der Waals surface area (Å²) in [6.45, 7) is 2.74. The third kappa shape index (κ3) is 3.86. The van der Waals surface area contributed by atoms with Crippen molar-refractivity contribution in [1.82, 2.24) is 0 Å². The molecule has 2 aromatic carbocycles. The Labute approximate surface area is 127 Å². The van der Waals surface area contributed by atoms with Crippen LogP contribution in [0.15, 0.2) is 42.5 Å². The second kappa shape index (κ2) is 6.95. The van der Waals surface area contributed by atoms with Crippen molar-refractivity contribution in [2.45, 2.75) is 13.5 Å². The van der Waals surface area contributed by atoms with Gasteiger partial charge in [0, 0.05) is 23.2 Å². The van der Waals surface area contributed by atoms with E-state index in [4.69, 9.17) is 16.3 Å². The summed E-state index contributed by atoms with van der Waals surface area (Å²) in [5.41, 5.74) is 1.40. The van der Waals surface area contributed by atoms with Crippen molar-refractivity contribution in [3.05, 3.63) is 63.2 Å². The quantitative estimate of drug-likeness (QED) is 0.640. The van der Waals surface area contributed by atoms with E-state index in [1.54, 1.807) is 36.4 Å². The van der Waals surface area contributed by atoms with Crippen LogP contribution in [0.25, 0.3) is 0 Å². The summed E-state index contributed by atoms with van der Waals surface area (Å²) in [6, 6.07) is 11.9. The highest BCUT2D eigenvalue weighted by atomic mass is 35.5. The van der Waals surface area contributed by atoms with Crippen LogP contribution in [0.2, 0.25) is 5.02 Å². The summed E-state index contributed by atoms with van der Waals surface area (Å²) in [5, 5.41) is 14.7. The third-order valence-electron chi connectivity index (χ3n) is 2.90. The second-order valence-electron chi connectivity index (χ2n) is 4.31. The fourth-order valence-electron chi connectivity index (χ4n) is 1.95. The molecular formula is C15H15ClN2O3. The third-order valence-corrected chi connectivity index (χ3v) is 3.13. The molecule has 1 N–H and O–H groups in total. The zero-order valence-electron chi connectivity index (χ0n) is 11.5. The smallest absolute Gasteiger partial charge is 0.274 e. The van der Waals surface area contributed by atoms with Gasteiger partial charge < -0.3 is 10.1 Å². The largest absolute Gasteiger partial charge is 0.492 e. The van der Waals surface area contributed by atoms with E-state index in [1.807, 2.05) is 6.92 Å². The van der Waals surface area contributed by atoms with Gasteiger partial charge >= 0.3 is 0 Å². The Morgan fingerprint density at radius 3 is 2.76 bits per heavy atom. The molecule has 0 unspecified atom stereocenters. The zero-order chi connectivity index (χ0) is 15.2. The van der Waals surface area contributed by atoms with Crippen molar-refractivity contribution in [1.29, 1.82) is 0 Å². The fraction of sp³-hybridized carbons (Fsp3) is 0.200. The molecule has 0 aliphatic carbocycles. The average molecular weight is 307 g/mol. The highest BCUT2D eigenvalue weighted by Crippen LogP contribution is 2.29. The number of nitro benzene ring substituents is 1. The fourth-order valence-corrected chi connectivity index (χ4v) is 2.12. The number of nitrogens with one attached hydrogen (secondary N) is 1. The lowest BCUT2D eigenvalue weighted by atomic mass is 10.1. The summed E-state index contributed by atoms with van der Waals surface area (Å²) in [5.74, 6) is 0.667. The minimum absolute atomic E-state index is 0.0880. The van der Waals surface area contributed by atoms with E-state index in [0.29, 0.717) is 35.2 Å². The van der Waals surface area contributed by atoms with Crippen molar-refractivity contribution in [3.63, 3.8) is 0 Å². The minimum Gasteiger partial charge on any atom is -0.492 e. The zero-order valence-corrected chi connectivity index (χ0v) is 12.3. The van der Waals surface area contributed by atoms with Gasteiger partial charge in [0.2, 0.25) is 0 Å². The molecule has 0 amide bonds. The normalized spacial score (nSPS) is 10.2. The molecule has 0 atom stereocenters. The molecule has 5 nitrogen and oxygen atoms in total. The van der Waals surface area contributed by atoms with Crippen LogP contribution in [0.4, 0.5) is 11.4 Å². The van der Waals surface area contributed by atoms with Gasteiger partial charge in [0.25, 0.3) is 5.69 Å². The summed E-state index contributed by atoms with van der Waals surface area (Å²) in [7, 11) is 0. The Morgan fingerprint density at radius 1 is 1.29 bits per heavy atom. The van der Waals surface area contributed by atoms with Gasteiger partial charge in [-0.25, -0.2) is 0 Å². The molecule has 0 bridgehead atoms. The highest BCUT2D eigenvalue weighted by molar-refractivity contribution is 6.30. The number of halogens is 1. The van der Waals surface area contributed by atoms with E-state index in [0.717, 1.165) is 0 Å². The molecular weight excluding hydrogens is 292 g/mol. The van der Waals surface area contributed by atoms with Crippen LogP contribution in [-0.2, 0) is 6.54 Å². The molecule has 21 heavy (non-hydrogen) atoms. The molecule has 0 aliphatic rings. The van der Waals surface area contributed by atoms with Gasteiger partial charge in [-0.15, -0.1) is 0 Å². The Kier molecular flexibility index (Phi) is 5.00. The minimum atomic E-state index is -0.390. The number of ether oxygens (including phenoxy) is 1. The summed E-state index contributed by atoms with van der Waals surface area (Å²) in [6.07, 6.45) is 0. The van der Waals surface area contributed by atoms with E-state index in [1.165, 1.54) is 6.07 Å². The number of hydrogen-bond donors (Lipinski definition) is 1. The first-order valence-corrected chi connectivity index (χ1v) is 6.88. The summed E-state index contributed by atoms with van der Waals surface area (Å²) < 4.78 is 5.50. The Bertz CT molecular complexity index is 647. The lowest BCUT2D eigenvalue weighted by molar-refractivity contribution is -0.385. The van der Waals surface area contributed by atoms with Gasteiger partial charge in [-0.2, -0.15) is 0 Å². The monoisotopic (exact) mass is 306 g/mol. The van der Waals surface area contributed by atoms with Gasteiger partial charge in [-0.1, -0.05) is 29.8 Å². The van der Waals surface area contributed by atoms with Gasteiger partial charge in [-0.05, 0) is 25.1 Å². The van der Waals surface area contributed by atoms with Crippen LogP contribution in [0.5, 0.6) is 5.75 Å². The van der Waals surface area contributed by atoms with E-state index in [9.17, 15) is 10.1 Å². The average Bonchev–Trinajstić information content (AvgIpc) is 2.48. The molecule has 6 heteroatoms. The molecule has 110 valence electrons. The van der Waals surface area contributed by atoms with Crippen molar-refractivity contribution in [2.24, 2.45) is 0 Å². The van der Waals surface area contributed by atoms with Crippen molar-refractivity contribution >= 4 is 23.0 Å². The molecule has 0 saturated carbocycles. The SMILES string of the molecule is CCOc1ccc(Cl)cc1NCc1ccccc1[N+](=O)[O-]. The lowest BCUT2D eigenvalue weighted by Gasteiger charge is -2.13. The van der Waals surface area contributed by atoms with Crippen LogP contribution < -0.4 is 10.1 Å². The highest BCUT2D eigenvalue weighted by Gasteiger charge is 2.12. The van der Waals surface area contributed by atoms with Crippen LogP contribution in [0, 0.1) is 10.1 Å². The van der Waals surface area contributed by atoms with Crippen LogP contribution in [0.3, 0.4) is 0 Å². The van der Waals surface area contributed by atoms with Crippen LogP contribution >= 0.6 is 11.6 Å².